The summed E-state index contributed by atoms with van der Waals surface area (Å²) in [5.74, 6) is 0.378. The van der Waals surface area contributed by atoms with Crippen LogP contribution in [0.1, 0.15) is 24.4 Å². The zero-order chi connectivity index (χ0) is 13.7. The summed E-state index contributed by atoms with van der Waals surface area (Å²) in [7, 11) is 1.75. The van der Waals surface area contributed by atoms with E-state index in [1.165, 1.54) is 25.0 Å². The van der Waals surface area contributed by atoms with Crippen molar-refractivity contribution >= 4 is 0 Å². The Hall–Kier alpha value is -0.970. The van der Waals surface area contributed by atoms with Crippen molar-refractivity contribution in [2.75, 3.05) is 33.4 Å². The molecule has 0 aliphatic carbocycles. The standard InChI is InChI=1S/C15H23FN2O/c1-19-11-12-3-2-8-18(10-12)15(9-17)13-4-6-14(16)7-5-13/h4-7,12,15H,2-3,8-11,17H2,1H3. The molecule has 1 heterocycles. The molecule has 2 N–H and O–H groups in total. The highest BCUT2D eigenvalue weighted by molar-refractivity contribution is 5.20. The summed E-state index contributed by atoms with van der Waals surface area (Å²) >= 11 is 0. The van der Waals surface area contributed by atoms with E-state index in [0.717, 1.165) is 25.3 Å². The lowest BCUT2D eigenvalue weighted by Gasteiger charge is -2.38. The molecule has 0 aromatic heterocycles. The van der Waals surface area contributed by atoms with Crippen LogP contribution < -0.4 is 5.73 Å². The van der Waals surface area contributed by atoms with Crippen LogP contribution in [-0.2, 0) is 4.74 Å². The van der Waals surface area contributed by atoms with Crippen LogP contribution in [0.3, 0.4) is 0 Å². The van der Waals surface area contributed by atoms with Gasteiger partial charge >= 0.3 is 0 Å². The maximum absolute atomic E-state index is 13.0. The van der Waals surface area contributed by atoms with Gasteiger partial charge in [-0.3, -0.25) is 4.90 Å². The minimum Gasteiger partial charge on any atom is -0.384 e. The van der Waals surface area contributed by atoms with Gasteiger partial charge in [0.2, 0.25) is 0 Å². The molecule has 0 spiro atoms. The Labute approximate surface area is 114 Å². The van der Waals surface area contributed by atoms with Crippen molar-refractivity contribution < 1.29 is 9.13 Å². The van der Waals surface area contributed by atoms with Gasteiger partial charge in [-0.1, -0.05) is 12.1 Å². The molecule has 3 nitrogen and oxygen atoms in total. The summed E-state index contributed by atoms with van der Waals surface area (Å²) < 4.78 is 18.3. The summed E-state index contributed by atoms with van der Waals surface area (Å²) in [4.78, 5) is 2.40. The number of nitrogens with zero attached hydrogens (tertiary/aromatic N) is 1. The van der Waals surface area contributed by atoms with Crippen LogP contribution >= 0.6 is 0 Å². The van der Waals surface area contributed by atoms with E-state index in [1.807, 2.05) is 12.1 Å². The second-order valence-corrected chi connectivity index (χ2v) is 5.26. The van der Waals surface area contributed by atoms with Crippen LogP contribution in [0.25, 0.3) is 0 Å². The molecule has 19 heavy (non-hydrogen) atoms. The number of hydrogen-bond donors (Lipinski definition) is 1. The number of benzene rings is 1. The molecule has 0 saturated carbocycles. The van der Waals surface area contributed by atoms with E-state index in [9.17, 15) is 4.39 Å². The van der Waals surface area contributed by atoms with E-state index in [0.29, 0.717) is 12.5 Å². The molecule has 0 amide bonds. The minimum atomic E-state index is -0.199. The summed E-state index contributed by atoms with van der Waals surface area (Å²) in [5.41, 5.74) is 7.03. The van der Waals surface area contributed by atoms with E-state index in [-0.39, 0.29) is 11.9 Å². The number of likely N-dealkylation sites (tertiary alicyclic amines) is 1. The Morgan fingerprint density at radius 3 is 2.79 bits per heavy atom. The largest absolute Gasteiger partial charge is 0.384 e. The average Bonchev–Trinajstić information content (AvgIpc) is 2.43. The fourth-order valence-electron chi connectivity index (χ4n) is 2.93. The first kappa shape index (κ1) is 14.4. The van der Waals surface area contributed by atoms with Crippen molar-refractivity contribution in [1.29, 1.82) is 0 Å². The van der Waals surface area contributed by atoms with Crippen LogP contribution in [0.2, 0.25) is 0 Å². The van der Waals surface area contributed by atoms with Gasteiger partial charge in [-0.2, -0.15) is 0 Å². The maximum Gasteiger partial charge on any atom is 0.123 e. The van der Waals surface area contributed by atoms with Crippen LogP contribution in [0.4, 0.5) is 4.39 Å². The zero-order valence-corrected chi connectivity index (χ0v) is 11.5. The fraction of sp³-hybridized carbons (Fsp3) is 0.600. The highest BCUT2D eigenvalue weighted by atomic mass is 19.1. The van der Waals surface area contributed by atoms with Gasteiger partial charge in [0.15, 0.2) is 0 Å². The van der Waals surface area contributed by atoms with Crippen molar-refractivity contribution in [2.45, 2.75) is 18.9 Å². The van der Waals surface area contributed by atoms with Crippen molar-refractivity contribution in [3.05, 3.63) is 35.6 Å². The Bertz CT molecular complexity index is 380. The third-order valence-electron chi connectivity index (χ3n) is 3.87. The van der Waals surface area contributed by atoms with Crippen LogP contribution in [0.5, 0.6) is 0 Å². The molecule has 2 unspecified atom stereocenters. The van der Waals surface area contributed by atoms with E-state index in [1.54, 1.807) is 7.11 Å². The molecular formula is C15H23FN2O. The molecule has 1 aromatic carbocycles. The number of ether oxygens (including phenoxy) is 1. The molecule has 1 aromatic rings. The highest BCUT2D eigenvalue weighted by Gasteiger charge is 2.26. The van der Waals surface area contributed by atoms with Crippen LogP contribution in [0.15, 0.2) is 24.3 Å². The summed E-state index contributed by atoms with van der Waals surface area (Å²) in [6.45, 7) is 3.43. The second-order valence-electron chi connectivity index (χ2n) is 5.26. The molecule has 106 valence electrons. The average molecular weight is 266 g/mol. The minimum absolute atomic E-state index is 0.181. The van der Waals surface area contributed by atoms with Crippen LogP contribution in [-0.4, -0.2) is 38.3 Å². The van der Waals surface area contributed by atoms with Gasteiger partial charge < -0.3 is 10.5 Å². The van der Waals surface area contributed by atoms with Gasteiger partial charge in [0.05, 0.1) is 6.61 Å². The molecule has 1 saturated heterocycles. The molecular weight excluding hydrogens is 243 g/mol. The van der Waals surface area contributed by atoms with Gasteiger partial charge in [0, 0.05) is 26.2 Å². The lowest BCUT2D eigenvalue weighted by atomic mass is 9.95. The first-order valence-electron chi connectivity index (χ1n) is 6.93. The molecule has 1 aliphatic heterocycles. The Kier molecular flexibility index (Phi) is 5.31. The first-order chi connectivity index (χ1) is 9.24. The van der Waals surface area contributed by atoms with Crippen molar-refractivity contribution in [3.63, 3.8) is 0 Å². The Morgan fingerprint density at radius 2 is 2.16 bits per heavy atom. The third-order valence-corrected chi connectivity index (χ3v) is 3.87. The van der Waals surface area contributed by atoms with Gasteiger partial charge in [-0.05, 0) is 43.0 Å². The van der Waals surface area contributed by atoms with E-state index < -0.39 is 0 Å². The molecule has 0 radical (unpaired) electrons. The van der Waals surface area contributed by atoms with Crippen molar-refractivity contribution in [1.82, 2.24) is 4.90 Å². The topological polar surface area (TPSA) is 38.5 Å². The molecule has 1 aliphatic rings. The SMILES string of the molecule is COCC1CCCN(C(CN)c2ccc(F)cc2)C1. The number of rotatable bonds is 5. The van der Waals surface area contributed by atoms with E-state index in [4.69, 9.17) is 10.5 Å². The molecule has 1 fully saturated rings. The quantitative estimate of drug-likeness (QED) is 0.888. The number of halogens is 1. The van der Waals surface area contributed by atoms with Gasteiger partial charge in [0.1, 0.15) is 5.82 Å². The summed E-state index contributed by atoms with van der Waals surface area (Å²) in [5, 5.41) is 0. The Morgan fingerprint density at radius 1 is 1.42 bits per heavy atom. The maximum atomic E-state index is 13.0. The lowest BCUT2D eigenvalue weighted by molar-refractivity contribution is 0.0697. The van der Waals surface area contributed by atoms with E-state index in [2.05, 4.69) is 4.90 Å². The van der Waals surface area contributed by atoms with Crippen molar-refractivity contribution in [3.8, 4) is 0 Å². The molecule has 2 rings (SSSR count). The van der Waals surface area contributed by atoms with Gasteiger partial charge in [0.25, 0.3) is 0 Å². The fourth-order valence-corrected chi connectivity index (χ4v) is 2.93. The number of nitrogens with two attached hydrogens (primary N) is 1. The number of piperidine rings is 1. The van der Waals surface area contributed by atoms with Crippen LogP contribution in [0, 0.1) is 11.7 Å². The predicted molar refractivity (Wildman–Crippen MR) is 74.4 cm³/mol. The summed E-state index contributed by atoms with van der Waals surface area (Å²) in [6, 6.07) is 6.88. The smallest absolute Gasteiger partial charge is 0.123 e. The predicted octanol–water partition coefficient (Wildman–Crippen LogP) is 2.18. The first-order valence-corrected chi connectivity index (χ1v) is 6.93. The number of methoxy groups -OCH3 is 1. The lowest BCUT2D eigenvalue weighted by Crippen LogP contribution is -2.42. The third kappa shape index (κ3) is 3.75. The molecule has 2 atom stereocenters. The van der Waals surface area contributed by atoms with Gasteiger partial charge in [-0.25, -0.2) is 4.39 Å². The summed E-state index contributed by atoms with van der Waals surface area (Å²) in [6.07, 6.45) is 2.39. The monoisotopic (exact) mass is 266 g/mol. The molecule has 0 bridgehead atoms. The zero-order valence-electron chi connectivity index (χ0n) is 11.5. The van der Waals surface area contributed by atoms with Gasteiger partial charge in [-0.15, -0.1) is 0 Å². The highest BCUT2D eigenvalue weighted by Crippen LogP contribution is 2.26. The number of hydrogen-bond acceptors (Lipinski definition) is 3. The van der Waals surface area contributed by atoms with Crippen molar-refractivity contribution in [2.24, 2.45) is 11.7 Å². The normalized spacial score (nSPS) is 22.4. The Balaban J connectivity index is 2.06. The second kappa shape index (κ2) is 6.98. The molecule has 4 heteroatoms. The van der Waals surface area contributed by atoms with E-state index >= 15 is 0 Å².